The van der Waals surface area contributed by atoms with Crippen molar-refractivity contribution >= 4 is 11.7 Å². The number of rotatable bonds is 4. The zero-order valence-electron chi connectivity index (χ0n) is 17.9. The van der Waals surface area contributed by atoms with Gasteiger partial charge in [0.1, 0.15) is 23.6 Å². The average Bonchev–Trinajstić information content (AvgIpc) is 3.25. The summed E-state index contributed by atoms with van der Waals surface area (Å²) in [6.45, 7) is 4.08. The van der Waals surface area contributed by atoms with Crippen LogP contribution < -0.4 is 20.1 Å². The Bertz CT molecular complexity index is 1140. The Labute approximate surface area is 180 Å². The van der Waals surface area contributed by atoms with E-state index >= 15 is 0 Å². The Morgan fingerprint density at radius 3 is 2.68 bits per heavy atom. The lowest BCUT2D eigenvalue weighted by Crippen LogP contribution is -2.42. The van der Waals surface area contributed by atoms with Gasteiger partial charge < -0.3 is 15.2 Å². The largest absolute Gasteiger partial charge is 0.497 e. The van der Waals surface area contributed by atoms with Gasteiger partial charge in [0, 0.05) is 29.3 Å². The molecule has 0 amide bonds. The minimum absolute atomic E-state index is 0.0288. The summed E-state index contributed by atoms with van der Waals surface area (Å²) in [5.74, 6) is 1.03. The van der Waals surface area contributed by atoms with Gasteiger partial charge in [0.25, 0.3) is 0 Å². The number of aromatic amines is 1. The fourth-order valence-corrected chi connectivity index (χ4v) is 4.43. The van der Waals surface area contributed by atoms with Gasteiger partial charge in [-0.25, -0.2) is 5.10 Å². The number of ether oxygens (including phenoxy) is 2. The molecule has 0 saturated carbocycles. The van der Waals surface area contributed by atoms with E-state index in [4.69, 9.17) is 15.2 Å². The number of nitrogens with two attached hydrogens (primary N) is 1. The highest BCUT2D eigenvalue weighted by Crippen LogP contribution is 2.51. The predicted octanol–water partition coefficient (Wildman–Crippen LogP) is 2.76. The van der Waals surface area contributed by atoms with Crippen LogP contribution in [0.3, 0.4) is 0 Å². The summed E-state index contributed by atoms with van der Waals surface area (Å²) in [5, 5.41) is 16.8. The number of hydrogen-bond donors (Lipinski definition) is 2. The van der Waals surface area contributed by atoms with Gasteiger partial charge >= 0.3 is 0 Å². The maximum atomic E-state index is 13.5. The van der Waals surface area contributed by atoms with Crippen molar-refractivity contribution < 1.29 is 14.3 Å². The van der Waals surface area contributed by atoms with Gasteiger partial charge in [-0.05, 0) is 17.9 Å². The third-order valence-corrected chi connectivity index (χ3v) is 5.75. The molecule has 31 heavy (non-hydrogen) atoms. The van der Waals surface area contributed by atoms with Gasteiger partial charge in [0.2, 0.25) is 5.95 Å². The van der Waals surface area contributed by atoms with Crippen molar-refractivity contribution in [2.75, 3.05) is 19.1 Å². The predicted molar refractivity (Wildman–Crippen MR) is 113 cm³/mol. The van der Waals surface area contributed by atoms with Crippen molar-refractivity contribution in [1.82, 2.24) is 15.2 Å². The number of carbonyl (C=O) groups excluding carboxylic acids is 1. The monoisotopic (exact) mass is 420 g/mol. The van der Waals surface area contributed by atoms with Crippen LogP contribution in [0.2, 0.25) is 0 Å². The summed E-state index contributed by atoms with van der Waals surface area (Å²) < 4.78 is 10.9. The van der Waals surface area contributed by atoms with Crippen molar-refractivity contribution in [3.63, 3.8) is 0 Å². The number of aromatic nitrogens is 3. The number of allylic oxidation sites excluding steroid dienone is 3. The highest BCUT2D eigenvalue weighted by atomic mass is 16.5. The molecule has 0 radical (unpaired) electrons. The molecular weight excluding hydrogens is 396 g/mol. The Kier molecular flexibility index (Phi) is 4.93. The van der Waals surface area contributed by atoms with Gasteiger partial charge in [0.15, 0.2) is 5.78 Å². The van der Waals surface area contributed by atoms with Crippen LogP contribution >= 0.6 is 0 Å². The molecule has 0 spiro atoms. The fourth-order valence-electron chi connectivity index (χ4n) is 4.43. The van der Waals surface area contributed by atoms with E-state index in [9.17, 15) is 10.1 Å². The number of anilines is 1. The third kappa shape index (κ3) is 3.30. The number of hydrogen-bond acceptors (Lipinski definition) is 8. The number of nitrogens with zero attached hydrogens (tertiary/aromatic N) is 4. The summed E-state index contributed by atoms with van der Waals surface area (Å²) >= 11 is 0. The second kappa shape index (κ2) is 7.47. The van der Waals surface area contributed by atoms with E-state index in [1.807, 2.05) is 19.9 Å². The highest BCUT2D eigenvalue weighted by molar-refractivity contribution is 6.01. The molecule has 3 N–H and O–H groups in total. The van der Waals surface area contributed by atoms with Gasteiger partial charge in [-0.1, -0.05) is 19.9 Å². The van der Waals surface area contributed by atoms with Crippen LogP contribution in [0.25, 0.3) is 0 Å². The standard InChI is InChI=1S/C22H24N6O3/c1-22(2)8-15-19(16(29)9-22)18(13-6-5-12(30-3)7-17(13)31-4)14(10-23)20(24)28(15)21-25-11-26-27-21/h5-7,11,18H,8-9,24H2,1-4H3,(H,25,26,27)/t18-/m0/s1. The first-order valence-corrected chi connectivity index (χ1v) is 9.84. The molecule has 1 atom stereocenters. The second-order valence-electron chi connectivity index (χ2n) is 8.40. The molecule has 4 rings (SSSR count). The summed E-state index contributed by atoms with van der Waals surface area (Å²) in [4.78, 5) is 19.3. The zero-order chi connectivity index (χ0) is 22.3. The molecule has 2 aliphatic rings. The van der Waals surface area contributed by atoms with Crippen molar-refractivity contribution in [1.29, 1.82) is 5.26 Å². The van der Waals surface area contributed by atoms with Crippen molar-refractivity contribution in [2.24, 2.45) is 11.1 Å². The van der Waals surface area contributed by atoms with E-state index in [1.54, 1.807) is 31.3 Å². The molecule has 0 saturated heterocycles. The molecule has 1 aromatic carbocycles. The molecule has 1 aromatic heterocycles. The van der Waals surface area contributed by atoms with Crippen LogP contribution in [0.1, 0.15) is 38.2 Å². The second-order valence-corrected chi connectivity index (χ2v) is 8.40. The minimum atomic E-state index is -0.649. The summed E-state index contributed by atoms with van der Waals surface area (Å²) in [7, 11) is 3.11. The lowest BCUT2D eigenvalue weighted by molar-refractivity contribution is -0.118. The molecule has 160 valence electrons. The normalized spacial score (nSPS) is 20.4. The molecule has 2 aromatic rings. The van der Waals surface area contributed by atoms with Crippen LogP contribution in [0.15, 0.2) is 47.2 Å². The highest BCUT2D eigenvalue weighted by Gasteiger charge is 2.46. The maximum absolute atomic E-state index is 13.5. The Morgan fingerprint density at radius 1 is 1.29 bits per heavy atom. The molecule has 0 unspecified atom stereocenters. The number of nitriles is 1. The Balaban J connectivity index is 2.01. The van der Waals surface area contributed by atoms with Gasteiger partial charge in [-0.3, -0.25) is 9.69 Å². The van der Waals surface area contributed by atoms with Crippen LogP contribution in [0.5, 0.6) is 11.5 Å². The quantitative estimate of drug-likeness (QED) is 0.772. The van der Waals surface area contributed by atoms with Crippen molar-refractivity contribution in [2.45, 2.75) is 32.6 Å². The first-order valence-electron chi connectivity index (χ1n) is 9.84. The molecule has 1 aliphatic carbocycles. The van der Waals surface area contributed by atoms with E-state index in [1.165, 1.54) is 6.33 Å². The number of H-pyrrole nitrogens is 1. The summed E-state index contributed by atoms with van der Waals surface area (Å²) in [5.41, 5.74) is 8.44. The molecule has 9 nitrogen and oxygen atoms in total. The van der Waals surface area contributed by atoms with Crippen LogP contribution in [0.4, 0.5) is 5.95 Å². The zero-order valence-corrected chi connectivity index (χ0v) is 17.9. The topological polar surface area (TPSA) is 130 Å². The Morgan fingerprint density at radius 2 is 2.06 bits per heavy atom. The van der Waals surface area contributed by atoms with E-state index in [0.29, 0.717) is 41.4 Å². The molecule has 9 heteroatoms. The van der Waals surface area contributed by atoms with Gasteiger partial charge in [0.05, 0.1) is 31.8 Å². The van der Waals surface area contributed by atoms with E-state index in [2.05, 4.69) is 21.3 Å². The number of methoxy groups -OCH3 is 2. The van der Waals surface area contributed by atoms with Gasteiger partial charge in [-0.2, -0.15) is 15.3 Å². The van der Waals surface area contributed by atoms with Crippen molar-refractivity contribution in [3.8, 4) is 17.6 Å². The number of carbonyl (C=O) groups is 1. The van der Waals surface area contributed by atoms with Crippen LogP contribution in [-0.2, 0) is 4.79 Å². The van der Waals surface area contributed by atoms with E-state index in [0.717, 1.165) is 5.70 Å². The molecule has 2 heterocycles. The average molecular weight is 420 g/mol. The molecule has 0 bridgehead atoms. The fraction of sp³-hybridized carbons (Fsp3) is 0.364. The first kappa shape index (κ1) is 20.5. The third-order valence-electron chi connectivity index (χ3n) is 5.75. The van der Waals surface area contributed by atoms with Crippen LogP contribution in [-0.4, -0.2) is 35.2 Å². The molecule has 1 aliphatic heterocycles. The van der Waals surface area contributed by atoms with E-state index in [-0.39, 0.29) is 22.6 Å². The molecule has 0 fully saturated rings. The lowest BCUT2D eigenvalue weighted by atomic mass is 9.68. The number of Topliss-reactive ketones (excluding diaryl/α,β-unsaturated/α-hetero) is 1. The maximum Gasteiger partial charge on any atom is 0.231 e. The number of nitrogens with one attached hydrogen (secondary N) is 1. The lowest BCUT2D eigenvalue weighted by Gasteiger charge is -2.42. The van der Waals surface area contributed by atoms with Crippen molar-refractivity contribution in [3.05, 3.63) is 52.8 Å². The number of ketones is 1. The number of benzene rings is 1. The molecular formula is C22H24N6O3. The smallest absolute Gasteiger partial charge is 0.231 e. The SMILES string of the molecule is COc1ccc([C@H]2C(C#N)=C(N)N(c3ncn[nH]3)C3=C2C(=O)CC(C)(C)C3)c(OC)c1. The summed E-state index contributed by atoms with van der Waals surface area (Å²) in [6.07, 6.45) is 2.32. The van der Waals surface area contributed by atoms with E-state index < -0.39 is 5.92 Å². The first-order chi connectivity index (χ1) is 14.8. The summed E-state index contributed by atoms with van der Waals surface area (Å²) in [6, 6.07) is 7.56. The van der Waals surface area contributed by atoms with Crippen LogP contribution in [0, 0.1) is 16.7 Å². The minimum Gasteiger partial charge on any atom is -0.497 e. The Hall–Kier alpha value is -3.80. The van der Waals surface area contributed by atoms with Gasteiger partial charge in [-0.15, -0.1) is 0 Å².